The Kier molecular flexibility index (Phi) is 3.98. The SMILES string of the molecule is Cn1ccnc1N1CCN(CC(=O)N2CCc3ccccc32)CC1. The third kappa shape index (κ3) is 2.78. The largest absolute Gasteiger partial charge is 0.340 e. The van der Waals surface area contributed by atoms with Crippen LogP contribution in [-0.4, -0.2) is 59.6 Å². The van der Waals surface area contributed by atoms with Gasteiger partial charge in [-0.15, -0.1) is 0 Å². The van der Waals surface area contributed by atoms with Gasteiger partial charge in [0.05, 0.1) is 6.54 Å². The Morgan fingerprint density at radius 1 is 1.12 bits per heavy atom. The zero-order chi connectivity index (χ0) is 16.5. The first-order chi connectivity index (χ1) is 11.7. The summed E-state index contributed by atoms with van der Waals surface area (Å²) in [6.07, 6.45) is 4.76. The molecule has 1 aromatic carbocycles. The quantitative estimate of drug-likeness (QED) is 0.849. The lowest BCUT2D eigenvalue weighted by Crippen LogP contribution is -2.50. The second-order valence-corrected chi connectivity index (χ2v) is 6.53. The lowest BCUT2D eigenvalue weighted by molar-refractivity contribution is -0.119. The number of anilines is 2. The van der Waals surface area contributed by atoms with E-state index in [1.165, 1.54) is 5.56 Å². The Bertz CT molecular complexity index is 733. The third-order valence-electron chi connectivity index (χ3n) is 5.00. The summed E-state index contributed by atoms with van der Waals surface area (Å²) >= 11 is 0. The number of aromatic nitrogens is 2. The monoisotopic (exact) mass is 325 g/mol. The van der Waals surface area contributed by atoms with Gasteiger partial charge in [-0.25, -0.2) is 4.98 Å². The third-order valence-corrected chi connectivity index (χ3v) is 5.00. The summed E-state index contributed by atoms with van der Waals surface area (Å²) in [5, 5.41) is 0. The molecule has 6 heteroatoms. The minimum absolute atomic E-state index is 0.213. The van der Waals surface area contributed by atoms with E-state index in [1.807, 2.05) is 41.0 Å². The molecule has 0 spiro atoms. The van der Waals surface area contributed by atoms with Crippen LogP contribution in [0, 0.1) is 0 Å². The van der Waals surface area contributed by atoms with Crippen LogP contribution in [0.15, 0.2) is 36.7 Å². The number of para-hydroxylation sites is 1. The van der Waals surface area contributed by atoms with E-state index >= 15 is 0 Å². The summed E-state index contributed by atoms with van der Waals surface area (Å²) in [5.41, 5.74) is 2.37. The van der Waals surface area contributed by atoms with Crippen LogP contribution in [0.1, 0.15) is 5.56 Å². The topological polar surface area (TPSA) is 44.6 Å². The van der Waals surface area contributed by atoms with Crippen molar-refractivity contribution < 1.29 is 4.79 Å². The van der Waals surface area contributed by atoms with E-state index in [2.05, 4.69) is 26.9 Å². The molecule has 2 aliphatic heterocycles. The van der Waals surface area contributed by atoms with Crippen LogP contribution >= 0.6 is 0 Å². The molecule has 1 saturated heterocycles. The lowest BCUT2D eigenvalue weighted by Gasteiger charge is -2.35. The average molecular weight is 325 g/mol. The predicted octanol–water partition coefficient (Wildman–Crippen LogP) is 1.13. The van der Waals surface area contributed by atoms with Crippen molar-refractivity contribution >= 4 is 17.5 Å². The van der Waals surface area contributed by atoms with Crippen LogP contribution in [0.3, 0.4) is 0 Å². The van der Waals surface area contributed by atoms with Gasteiger partial charge in [0, 0.05) is 57.9 Å². The van der Waals surface area contributed by atoms with Gasteiger partial charge in [0.2, 0.25) is 11.9 Å². The first-order valence-corrected chi connectivity index (χ1v) is 8.55. The zero-order valence-corrected chi connectivity index (χ0v) is 14.1. The molecule has 1 aromatic heterocycles. The van der Waals surface area contributed by atoms with Gasteiger partial charge in [-0.2, -0.15) is 0 Å². The lowest BCUT2D eigenvalue weighted by atomic mass is 10.2. The summed E-state index contributed by atoms with van der Waals surface area (Å²) in [5.74, 6) is 1.22. The Morgan fingerprint density at radius 2 is 1.92 bits per heavy atom. The number of benzene rings is 1. The first-order valence-electron chi connectivity index (χ1n) is 8.55. The maximum atomic E-state index is 12.7. The second-order valence-electron chi connectivity index (χ2n) is 6.53. The minimum atomic E-state index is 0.213. The molecule has 0 aliphatic carbocycles. The normalized spacial score (nSPS) is 18.0. The molecule has 24 heavy (non-hydrogen) atoms. The highest BCUT2D eigenvalue weighted by Gasteiger charge is 2.27. The van der Waals surface area contributed by atoms with E-state index in [4.69, 9.17) is 0 Å². The van der Waals surface area contributed by atoms with Crippen LogP contribution in [0.2, 0.25) is 0 Å². The van der Waals surface area contributed by atoms with E-state index in [0.717, 1.165) is 50.8 Å². The standard InChI is InChI=1S/C18H23N5O/c1-20-9-7-19-18(20)22-12-10-21(11-13-22)14-17(24)23-8-6-15-4-2-3-5-16(15)23/h2-5,7,9H,6,8,10-14H2,1H3. The summed E-state index contributed by atoms with van der Waals surface area (Å²) < 4.78 is 2.04. The van der Waals surface area contributed by atoms with Gasteiger partial charge in [0.15, 0.2) is 0 Å². The van der Waals surface area contributed by atoms with Crippen LogP contribution in [0.4, 0.5) is 11.6 Å². The number of amides is 1. The maximum absolute atomic E-state index is 12.7. The van der Waals surface area contributed by atoms with Crippen molar-refractivity contribution in [2.75, 3.05) is 49.1 Å². The van der Waals surface area contributed by atoms with Gasteiger partial charge in [-0.05, 0) is 18.1 Å². The molecule has 2 aliphatic rings. The summed E-state index contributed by atoms with van der Waals surface area (Å²) in [7, 11) is 2.02. The minimum Gasteiger partial charge on any atom is -0.340 e. The fourth-order valence-corrected chi connectivity index (χ4v) is 3.64. The molecule has 0 bridgehead atoms. The highest BCUT2D eigenvalue weighted by molar-refractivity contribution is 5.96. The van der Waals surface area contributed by atoms with Crippen LogP contribution in [0.25, 0.3) is 0 Å². The Hall–Kier alpha value is -2.34. The van der Waals surface area contributed by atoms with Crippen molar-refractivity contribution in [3.8, 4) is 0 Å². The summed E-state index contributed by atoms with van der Waals surface area (Å²) in [4.78, 5) is 23.6. The molecule has 0 radical (unpaired) electrons. The summed E-state index contributed by atoms with van der Waals surface area (Å²) in [6, 6.07) is 8.23. The molecule has 0 N–H and O–H groups in total. The van der Waals surface area contributed by atoms with Crippen molar-refractivity contribution in [2.45, 2.75) is 6.42 Å². The fraction of sp³-hybridized carbons (Fsp3) is 0.444. The van der Waals surface area contributed by atoms with Crippen LogP contribution in [-0.2, 0) is 18.3 Å². The van der Waals surface area contributed by atoms with E-state index < -0.39 is 0 Å². The number of hydrogen-bond donors (Lipinski definition) is 0. The first kappa shape index (κ1) is 15.2. The predicted molar refractivity (Wildman–Crippen MR) is 94.4 cm³/mol. The Morgan fingerprint density at radius 3 is 2.67 bits per heavy atom. The zero-order valence-electron chi connectivity index (χ0n) is 14.1. The van der Waals surface area contributed by atoms with Gasteiger partial charge in [0.1, 0.15) is 0 Å². The highest BCUT2D eigenvalue weighted by atomic mass is 16.2. The smallest absolute Gasteiger partial charge is 0.241 e. The number of nitrogens with zero attached hydrogens (tertiary/aromatic N) is 5. The molecule has 1 amide bonds. The van der Waals surface area contributed by atoms with E-state index in [0.29, 0.717) is 6.54 Å². The van der Waals surface area contributed by atoms with Gasteiger partial charge < -0.3 is 14.4 Å². The molecule has 1 fully saturated rings. The molecule has 0 unspecified atom stereocenters. The number of imidazole rings is 1. The molecule has 0 saturated carbocycles. The number of carbonyl (C=O) groups excluding carboxylic acids is 1. The molecule has 4 rings (SSSR count). The van der Waals surface area contributed by atoms with Gasteiger partial charge >= 0.3 is 0 Å². The van der Waals surface area contributed by atoms with Crippen molar-refractivity contribution in [3.05, 3.63) is 42.2 Å². The van der Waals surface area contributed by atoms with Crippen molar-refractivity contribution in [1.82, 2.24) is 14.5 Å². The Balaban J connectivity index is 1.34. The van der Waals surface area contributed by atoms with Crippen LogP contribution in [0.5, 0.6) is 0 Å². The molecule has 2 aromatic rings. The maximum Gasteiger partial charge on any atom is 0.241 e. The number of rotatable bonds is 3. The highest BCUT2D eigenvalue weighted by Crippen LogP contribution is 2.27. The van der Waals surface area contributed by atoms with Gasteiger partial charge in [-0.1, -0.05) is 18.2 Å². The molecule has 126 valence electrons. The Labute approximate surface area is 142 Å². The molecular formula is C18H23N5O. The average Bonchev–Trinajstić information content (AvgIpc) is 3.22. The molecule has 0 atom stereocenters. The van der Waals surface area contributed by atoms with Crippen molar-refractivity contribution in [2.24, 2.45) is 7.05 Å². The number of fused-ring (bicyclic) bond motifs is 1. The summed E-state index contributed by atoms with van der Waals surface area (Å²) in [6.45, 7) is 4.93. The number of aryl methyl sites for hydroxylation is 1. The van der Waals surface area contributed by atoms with E-state index in [9.17, 15) is 4.79 Å². The van der Waals surface area contributed by atoms with Gasteiger partial charge in [0.25, 0.3) is 0 Å². The number of piperazine rings is 1. The van der Waals surface area contributed by atoms with Crippen molar-refractivity contribution in [1.29, 1.82) is 0 Å². The molecule has 3 heterocycles. The fourth-order valence-electron chi connectivity index (χ4n) is 3.64. The van der Waals surface area contributed by atoms with Gasteiger partial charge in [-0.3, -0.25) is 9.69 Å². The van der Waals surface area contributed by atoms with Crippen molar-refractivity contribution in [3.63, 3.8) is 0 Å². The molecule has 6 nitrogen and oxygen atoms in total. The van der Waals surface area contributed by atoms with Crippen LogP contribution < -0.4 is 9.80 Å². The van der Waals surface area contributed by atoms with E-state index in [-0.39, 0.29) is 5.91 Å². The number of carbonyl (C=O) groups is 1. The second kappa shape index (κ2) is 6.28. The van der Waals surface area contributed by atoms with E-state index in [1.54, 1.807) is 0 Å². The number of hydrogen-bond acceptors (Lipinski definition) is 4. The molecular weight excluding hydrogens is 302 g/mol.